The second kappa shape index (κ2) is 29.1. The molecule has 0 heterocycles. The molecule has 4 N–H and O–H groups in total. The normalized spacial score (nSPS) is 14.1. The quantitative estimate of drug-likeness (QED) is 0.0570. The lowest BCUT2D eigenvalue weighted by Gasteiger charge is -2.21. The van der Waals surface area contributed by atoms with Gasteiger partial charge in [0.25, 0.3) is 0 Å². The minimum Gasteiger partial charge on any atom is -0.394 e. The lowest BCUT2D eigenvalue weighted by atomic mass is 10.0. The van der Waals surface area contributed by atoms with Crippen molar-refractivity contribution >= 4 is 5.91 Å². The minimum absolute atomic E-state index is 0.360. The summed E-state index contributed by atoms with van der Waals surface area (Å²) in [6, 6.07) is -0.789. The van der Waals surface area contributed by atoms with Crippen molar-refractivity contribution in [3.05, 3.63) is 12.2 Å². The van der Waals surface area contributed by atoms with Crippen LogP contribution in [0, 0.1) is 0 Å². The third kappa shape index (κ3) is 24.2. The van der Waals surface area contributed by atoms with Crippen molar-refractivity contribution in [1.29, 1.82) is 0 Å². The van der Waals surface area contributed by atoms with E-state index in [1.54, 1.807) is 6.08 Å². The van der Waals surface area contributed by atoms with Gasteiger partial charge in [0, 0.05) is 0 Å². The second-order valence-electron chi connectivity index (χ2n) is 11.4. The summed E-state index contributed by atoms with van der Waals surface area (Å²) in [6.07, 6.45) is 30.8. The topological polar surface area (TPSA) is 89.8 Å². The number of carbonyl (C=O) groups is 1. The Bertz CT molecular complexity index is 525. The Hall–Kier alpha value is -0.910. The molecule has 0 aromatic heterocycles. The molecule has 0 aliphatic carbocycles. The summed E-state index contributed by atoms with van der Waals surface area (Å²) in [5.41, 5.74) is 0. The molecule has 0 bridgehead atoms. The Morgan fingerprint density at radius 1 is 0.632 bits per heavy atom. The number of nitrogens with one attached hydrogen (secondary N) is 1. The van der Waals surface area contributed by atoms with E-state index >= 15 is 0 Å². The molecule has 0 rings (SSSR count). The van der Waals surface area contributed by atoms with Crippen LogP contribution in [0.2, 0.25) is 0 Å². The first-order valence-corrected chi connectivity index (χ1v) is 16.5. The van der Waals surface area contributed by atoms with Gasteiger partial charge in [-0.1, -0.05) is 161 Å². The largest absolute Gasteiger partial charge is 0.394 e. The number of rotatable bonds is 29. The number of hydrogen-bond acceptors (Lipinski definition) is 4. The monoisotopic (exact) mass is 539 g/mol. The molecule has 3 atom stereocenters. The van der Waals surface area contributed by atoms with Crippen LogP contribution in [0.15, 0.2) is 12.2 Å². The zero-order valence-electron chi connectivity index (χ0n) is 25.3. The van der Waals surface area contributed by atoms with E-state index in [2.05, 4.69) is 19.2 Å². The Morgan fingerprint density at radius 2 is 1.03 bits per heavy atom. The smallest absolute Gasteiger partial charge is 0.249 e. The minimum atomic E-state index is -1.09. The number of allylic oxidation sites excluding steroid dienone is 1. The number of amides is 1. The van der Waals surface area contributed by atoms with E-state index in [0.29, 0.717) is 6.42 Å². The molecule has 0 fully saturated rings. The lowest BCUT2D eigenvalue weighted by Crippen LogP contribution is -2.48. The third-order valence-electron chi connectivity index (χ3n) is 7.63. The molecular weight excluding hydrogens is 474 g/mol. The Kier molecular flexibility index (Phi) is 28.4. The van der Waals surface area contributed by atoms with Gasteiger partial charge in [-0.3, -0.25) is 4.79 Å². The van der Waals surface area contributed by atoms with Crippen LogP contribution in [0.1, 0.15) is 168 Å². The first-order chi connectivity index (χ1) is 18.6. The van der Waals surface area contributed by atoms with Gasteiger partial charge >= 0.3 is 0 Å². The highest BCUT2D eigenvalue weighted by Gasteiger charge is 2.22. The van der Waals surface area contributed by atoms with E-state index < -0.39 is 24.2 Å². The average molecular weight is 540 g/mol. The van der Waals surface area contributed by atoms with Gasteiger partial charge in [0.1, 0.15) is 6.10 Å². The summed E-state index contributed by atoms with van der Waals surface area (Å²) in [5.74, 6) is -0.507. The number of aliphatic hydroxyl groups excluding tert-OH is 3. The molecule has 0 saturated carbocycles. The van der Waals surface area contributed by atoms with Gasteiger partial charge in [-0.15, -0.1) is 0 Å². The van der Waals surface area contributed by atoms with Gasteiger partial charge in [-0.2, -0.15) is 0 Å². The molecule has 0 aromatic carbocycles. The SMILES string of the molecule is CCCCCCCCCCCCCCC/C=C/C(O)C(CO)NC(=O)C(O)CCCCCCCCCCC. The Balaban J connectivity index is 3.77. The average Bonchev–Trinajstić information content (AvgIpc) is 2.92. The molecule has 0 spiro atoms. The zero-order chi connectivity index (χ0) is 28.1. The highest BCUT2D eigenvalue weighted by molar-refractivity contribution is 5.80. The molecule has 0 saturated heterocycles. The third-order valence-corrected chi connectivity index (χ3v) is 7.63. The number of aliphatic hydroxyl groups is 3. The summed E-state index contributed by atoms with van der Waals surface area (Å²) in [6.45, 7) is 4.13. The van der Waals surface area contributed by atoms with E-state index in [0.717, 1.165) is 32.1 Å². The van der Waals surface area contributed by atoms with Crippen LogP contribution in [-0.2, 0) is 4.79 Å². The maximum Gasteiger partial charge on any atom is 0.249 e. The lowest BCUT2D eigenvalue weighted by molar-refractivity contribution is -0.131. The number of unbranched alkanes of at least 4 members (excludes halogenated alkanes) is 21. The van der Waals surface area contributed by atoms with E-state index in [-0.39, 0.29) is 6.61 Å². The molecule has 226 valence electrons. The van der Waals surface area contributed by atoms with Crippen LogP contribution in [0.25, 0.3) is 0 Å². The Morgan fingerprint density at radius 3 is 1.45 bits per heavy atom. The zero-order valence-corrected chi connectivity index (χ0v) is 25.3. The molecule has 5 nitrogen and oxygen atoms in total. The molecule has 0 aliphatic heterocycles. The van der Waals surface area contributed by atoms with Gasteiger partial charge in [-0.05, 0) is 19.3 Å². The fourth-order valence-corrected chi connectivity index (χ4v) is 4.95. The summed E-state index contributed by atoms with van der Waals surface area (Å²) in [5, 5.41) is 32.7. The van der Waals surface area contributed by atoms with Crippen molar-refractivity contribution in [1.82, 2.24) is 5.32 Å². The van der Waals surface area contributed by atoms with Crippen LogP contribution < -0.4 is 5.32 Å². The molecule has 0 radical (unpaired) electrons. The van der Waals surface area contributed by atoms with Crippen molar-refractivity contribution < 1.29 is 20.1 Å². The fourth-order valence-electron chi connectivity index (χ4n) is 4.95. The van der Waals surface area contributed by atoms with Crippen LogP contribution >= 0.6 is 0 Å². The van der Waals surface area contributed by atoms with Crippen molar-refractivity contribution in [2.24, 2.45) is 0 Å². The van der Waals surface area contributed by atoms with Crippen LogP contribution in [-0.4, -0.2) is 46.1 Å². The van der Waals surface area contributed by atoms with Crippen molar-refractivity contribution in [2.75, 3.05) is 6.61 Å². The highest BCUT2D eigenvalue weighted by Crippen LogP contribution is 2.14. The first kappa shape index (κ1) is 37.1. The molecule has 0 aliphatic rings. The van der Waals surface area contributed by atoms with Crippen molar-refractivity contribution in [2.45, 2.75) is 186 Å². The van der Waals surface area contributed by atoms with E-state index in [9.17, 15) is 20.1 Å². The first-order valence-electron chi connectivity index (χ1n) is 16.5. The van der Waals surface area contributed by atoms with Crippen LogP contribution in [0.3, 0.4) is 0 Å². The summed E-state index contributed by atoms with van der Waals surface area (Å²) >= 11 is 0. The highest BCUT2D eigenvalue weighted by atomic mass is 16.3. The maximum absolute atomic E-state index is 12.3. The molecule has 38 heavy (non-hydrogen) atoms. The number of hydrogen-bond donors (Lipinski definition) is 4. The van der Waals surface area contributed by atoms with Crippen LogP contribution in [0.5, 0.6) is 0 Å². The molecule has 0 aromatic rings. The van der Waals surface area contributed by atoms with Crippen molar-refractivity contribution in [3.63, 3.8) is 0 Å². The van der Waals surface area contributed by atoms with Gasteiger partial charge < -0.3 is 20.6 Å². The van der Waals surface area contributed by atoms with E-state index in [4.69, 9.17) is 0 Å². The Labute approximate surface area is 236 Å². The predicted molar refractivity (Wildman–Crippen MR) is 162 cm³/mol. The predicted octanol–water partition coefficient (Wildman–Crippen LogP) is 8.14. The summed E-state index contributed by atoms with van der Waals surface area (Å²) < 4.78 is 0. The van der Waals surface area contributed by atoms with E-state index in [1.807, 2.05) is 6.08 Å². The van der Waals surface area contributed by atoms with Crippen molar-refractivity contribution in [3.8, 4) is 0 Å². The maximum atomic E-state index is 12.3. The molecule has 3 unspecified atom stereocenters. The summed E-state index contributed by atoms with van der Waals surface area (Å²) in [4.78, 5) is 12.3. The standard InChI is InChI=1S/C33H65NO4/c1-3-5-7-9-11-13-14-15-16-17-18-20-21-23-25-27-31(36)30(29-35)34-33(38)32(37)28-26-24-22-19-12-10-8-6-4-2/h25,27,30-32,35-37H,3-24,26,28-29H2,1-2H3,(H,34,38)/b27-25+. The fraction of sp³-hybridized carbons (Fsp3) is 0.909. The van der Waals surface area contributed by atoms with Gasteiger partial charge in [0.15, 0.2) is 0 Å². The van der Waals surface area contributed by atoms with Crippen LogP contribution in [0.4, 0.5) is 0 Å². The second-order valence-corrected chi connectivity index (χ2v) is 11.4. The van der Waals surface area contributed by atoms with Gasteiger partial charge in [0.05, 0.1) is 18.8 Å². The van der Waals surface area contributed by atoms with Gasteiger partial charge in [-0.25, -0.2) is 0 Å². The van der Waals surface area contributed by atoms with E-state index in [1.165, 1.54) is 116 Å². The molecule has 5 heteroatoms. The summed E-state index contributed by atoms with van der Waals surface area (Å²) in [7, 11) is 0. The molecular formula is C33H65NO4. The molecule has 1 amide bonds. The number of carbonyl (C=O) groups excluding carboxylic acids is 1. The van der Waals surface area contributed by atoms with Gasteiger partial charge in [0.2, 0.25) is 5.91 Å².